The van der Waals surface area contributed by atoms with Gasteiger partial charge in [-0.25, -0.2) is 9.78 Å². The molecule has 0 atom stereocenters. The number of benzene rings is 1. The van der Waals surface area contributed by atoms with Crippen LogP contribution in [0.2, 0.25) is 4.34 Å². The monoisotopic (exact) mass is 376 g/mol. The molecule has 0 bridgehead atoms. The molecule has 2 amide bonds. The molecule has 5 nitrogen and oxygen atoms in total. The summed E-state index contributed by atoms with van der Waals surface area (Å²) in [7, 11) is 1.78. The Hall–Kier alpha value is -2.05. The molecule has 7 heteroatoms. The Labute approximate surface area is 156 Å². The first kappa shape index (κ1) is 17.8. The van der Waals surface area contributed by atoms with Crippen LogP contribution in [0.25, 0.3) is 11.0 Å². The van der Waals surface area contributed by atoms with E-state index in [0.29, 0.717) is 19.5 Å². The van der Waals surface area contributed by atoms with E-state index in [1.54, 1.807) is 11.9 Å². The second kappa shape index (κ2) is 7.89. The van der Waals surface area contributed by atoms with Crippen LogP contribution in [0.15, 0.2) is 36.4 Å². The number of amides is 2. The lowest BCUT2D eigenvalue weighted by Crippen LogP contribution is -2.37. The summed E-state index contributed by atoms with van der Waals surface area (Å²) in [6, 6.07) is 11.8. The molecule has 1 aromatic carbocycles. The summed E-state index contributed by atoms with van der Waals surface area (Å²) in [6.07, 6.45) is 0.701. The molecule has 0 spiro atoms. The standard InChI is InChI=1S/C18H21ClN4OS/c1-3-23-15-7-5-4-6-14(15)21-17(23)10-11-20-18(24)22(2)12-13-8-9-16(19)25-13/h4-9H,3,10-12H2,1-2H3,(H,20,24). The number of carbonyl (C=O) groups excluding carboxylic acids is 1. The molecular weight excluding hydrogens is 356 g/mol. The fourth-order valence-corrected chi connectivity index (χ4v) is 3.97. The third kappa shape index (κ3) is 4.14. The van der Waals surface area contributed by atoms with Crippen molar-refractivity contribution < 1.29 is 4.79 Å². The molecule has 1 N–H and O–H groups in total. The first-order valence-corrected chi connectivity index (χ1v) is 9.45. The number of hydrogen-bond acceptors (Lipinski definition) is 3. The van der Waals surface area contributed by atoms with Gasteiger partial charge >= 0.3 is 6.03 Å². The molecule has 3 rings (SSSR count). The van der Waals surface area contributed by atoms with Gasteiger partial charge in [0.15, 0.2) is 0 Å². The van der Waals surface area contributed by atoms with E-state index in [1.807, 2.05) is 30.3 Å². The van der Waals surface area contributed by atoms with Crippen LogP contribution in [0.1, 0.15) is 17.6 Å². The van der Waals surface area contributed by atoms with Gasteiger partial charge in [-0.3, -0.25) is 0 Å². The lowest BCUT2D eigenvalue weighted by atomic mass is 10.3. The van der Waals surface area contributed by atoms with Crippen molar-refractivity contribution in [3.8, 4) is 0 Å². The van der Waals surface area contributed by atoms with E-state index in [2.05, 4.69) is 27.9 Å². The quantitative estimate of drug-likeness (QED) is 0.702. The van der Waals surface area contributed by atoms with Crippen LogP contribution < -0.4 is 5.32 Å². The van der Waals surface area contributed by atoms with Crippen molar-refractivity contribution in [2.75, 3.05) is 13.6 Å². The third-order valence-corrected chi connectivity index (χ3v) is 5.26. The Bertz CT molecular complexity index is 873. The number of halogens is 1. The summed E-state index contributed by atoms with van der Waals surface area (Å²) >= 11 is 7.42. The average molecular weight is 377 g/mol. The summed E-state index contributed by atoms with van der Waals surface area (Å²) in [5.41, 5.74) is 2.13. The van der Waals surface area contributed by atoms with E-state index in [1.165, 1.54) is 11.3 Å². The number of fused-ring (bicyclic) bond motifs is 1. The molecule has 0 unspecified atom stereocenters. The lowest BCUT2D eigenvalue weighted by molar-refractivity contribution is 0.207. The van der Waals surface area contributed by atoms with Gasteiger partial charge in [0, 0.05) is 31.4 Å². The van der Waals surface area contributed by atoms with Gasteiger partial charge in [-0.15, -0.1) is 11.3 Å². The minimum absolute atomic E-state index is 0.0938. The molecule has 132 valence electrons. The minimum atomic E-state index is -0.0938. The molecule has 3 aromatic rings. The SMILES string of the molecule is CCn1c(CCNC(=O)N(C)Cc2ccc(Cl)s2)nc2ccccc21. The minimum Gasteiger partial charge on any atom is -0.338 e. The number of nitrogens with one attached hydrogen (secondary N) is 1. The van der Waals surface area contributed by atoms with Crippen molar-refractivity contribution in [2.24, 2.45) is 0 Å². The van der Waals surface area contributed by atoms with E-state index in [4.69, 9.17) is 11.6 Å². The maximum absolute atomic E-state index is 12.2. The van der Waals surface area contributed by atoms with Gasteiger partial charge < -0.3 is 14.8 Å². The molecular formula is C18H21ClN4OS. The van der Waals surface area contributed by atoms with Crippen molar-refractivity contribution in [3.63, 3.8) is 0 Å². The van der Waals surface area contributed by atoms with Gasteiger partial charge in [0.25, 0.3) is 0 Å². The van der Waals surface area contributed by atoms with Crippen LogP contribution in [0.4, 0.5) is 4.79 Å². The maximum atomic E-state index is 12.2. The predicted octanol–water partition coefficient (Wildman–Crippen LogP) is 4.16. The molecule has 0 saturated heterocycles. The molecule has 0 radical (unpaired) electrons. The number of aromatic nitrogens is 2. The highest BCUT2D eigenvalue weighted by Crippen LogP contribution is 2.22. The molecule has 0 fully saturated rings. The van der Waals surface area contributed by atoms with E-state index in [9.17, 15) is 4.79 Å². The lowest BCUT2D eigenvalue weighted by Gasteiger charge is -2.17. The number of hydrogen-bond donors (Lipinski definition) is 1. The van der Waals surface area contributed by atoms with Crippen LogP contribution in [-0.4, -0.2) is 34.1 Å². The number of para-hydroxylation sites is 2. The number of carbonyl (C=O) groups is 1. The number of urea groups is 1. The van der Waals surface area contributed by atoms with Crippen LogP contribution in [-0.2, 0) is 19.5 Å². The summed E-state index contributed by atoms with van der Waals surface area (Å²) in [4.78, 5) is 19.6. The number of imidazole rings is 1. The van der Waals surface area contributed by atoms with E-state index >= 15 is 0 Å². The van der Waals surface area contributed by atoms with Crippen molar-refractivity contribution in [1.82, 2.24) is 19.8 Å². The van der Waals surface area contributed by atoms with Crippen molar-refractivity contribution in [2.45, 2.75) is 26.4 Å². The second-order valence-corrected chi connectivity index (χ2v) is 7.60. The largest absolute Gasteiger partial charge is 0.338 e. The van der Waals surface area contributed by atoms with Gasteiger partial charge in [0.2, 0.25) is 0 Å². The molecule has 2 heterocycles. The van der Waals surface area contributed by atoms with Crippen LogP contribution in [0.3, 0.4) is 0 Å². The fourth-order valence-electron chi connectivity index (χ4n) is 2.83. The highest BCUT2D eigenvalue weighted by Gasteiger charge is 2.12. The Morgan fingerprint density at radius 1 is 1.32 bits per heavy atom. The molecule has 0 aliphatic heterocycles. The van der Waals surface area contributed by atoms with Gasteiger partial charge in [-0.1, -0.05) is 23.7 Å². The zero-order valence-corrected chi connectivity index (χ0v) is 15.9. The number of rotatable bonds is 6. The predicted molar refractivity (Wildman–Crippen MR) is 103 cm³/mol. The number of aryl methyl sites for hydroxylation is 1. The summed E-state index contributed by atoms with van der Waals surface area (Å²) in [6.45, 7) is 4.08. The second-order valence-electron chi connectivity index (χ2n) is 5.80. The normalized spacial score (nSPS) is 11.0. The maximum Gasteiger partial charge on any atom is 0.317 e. The van der Waals surface area contributed by atoms with Gasteiger partial charge in [-0.05, 0) is 31.2 Å². The zero-order chi connectivity index (χ0) is 17.8. The van der Waals surface area contributed by atoms with Crippen LogP contribution in [0, 0.1) is 0 Å². The first-order valence-electron chi connectivity index (χ1n) is 8.25. The Balaban J connectivity index is 1.56. The summed E-state index contributed by atoms with van der Waals surface area (Å²) < 4.78 is 2.93. The Kier molecular flexibility index (Phi) is 5.60. The molecule has 0 saturated carbocycles. The summed E-state index contributed by atoms with van der Waals surface area (Å²) in [5.74, 6) is 0.997. The molecule has 2 aromatic heterocycles. The van der Waals surface area contributed by atoms with Gasteiger partial charge in [-0.2, -0.15) is 0 Å². The third-order valence-electron chi connectivity index (χ3n) is 4.04. The Morgan fingerprint density at radius 3 is 2.84 bits per heavy atom. The van der Waals surface area contributed by atoms with E-state index < -0.39 is 0 Å². The topological polar surface area (TPSA) is 50.2 Å². The Morgan fingerprint density at radius 2 is 2.12 bits per heavy atom. The van der Waals surface area contributed by atoms with Crippen molar-refractivity contribution >= 4 is 40.0 Å². The molecule has 0 aliphatic carbocycles. The average Bonchev–Trinajstić information content (AvgIpc) is 3.17. The van der Waals surface area contributed by atoms with E-state index in [0.717, 1.165) is 32.6 Å². The van der Waals surface area contributed by atoms with Crippen molar-refractivity contribution in [3.05, 3.63) is 51.4 Å². The fraction of sp³-hybridized carbons (Fsp3) is 0.333. The first-order chi connectivity index (χ1) is 12.1. The van der Waals surface area contributed by atoms with Crippen LogP contribution >= 0.6 is 22.9 Å². The smallest absolute Gasteiger partial charge is 0.317 e. The highest BCUT2D eigenvalue weighted by molar-refractivity contribution is 7.16. The zero-order valence-electron chi connectivity index (χ0n) is 14.3. The number of nitrogens with zero attached hydrogens (tertiary/aromatic N) is 3. The summed E-state index contributed by atoms with van der Waals surface area (Å²) in [5, 5.41) is 2.96. The van der Waals surface area contributed by atoms with E-state index in [-0.39, 0.29) is 6.03 Å². The molecule has 0 aliphatic rings. The van der Waals surface area contributed by atoms with Crippen LogP contribution in [0.5, 0.6) is 0 Å². The highest BCUT2D eigenvalue weighted by atomic mass is 35.5. The molecule has 25 heavy (non-hydrogen) atoms. The number of thiophene rings is 1. The van der Waals surface area contributed by atoms with Crippen molar-refractivity contribution in [1.29, 1.82) is 0 Å². The van der Waals surface area contributed by atoms with Gasteiger partial charge in [0.1, 0.15) is 5.82 Å². The van der Waals surface area contributed by atoms with Gasteiger partial charge in [0.05, 0.1) is 21.9 Å².